The van der Waals surface area contributed by atoms with Gasteiger partial charge in [-0.05, 0) is 17.5 Å². The van der Waals surface area contributed by atoms with Crippen LogP contribution in [0.25, 0.3) is 10.8 Å². The molecule has 1 N–H and O–H groups in total. The monoisotopic (exact) mass is 212 g/mol. The molecule has 0 saturated heterocycles. The Morgan fingerprint density at radius 1 is 1.12 bits per heavy atom. The quantitative estimate of drug-likeness (QED) is 0.829. The molecular weight excluding hydrogens is 200 g/mol. The summed E-state index contributed by atoms with van der Waals surface area (Å²) in [7, 11) is 0. The Balaban J connectivity index is 2.27. The molecule has 3 rings (SSSR count). The molecule has 0 aliphatic carbocycles. The van der Waals surface area contributed by atoms with Gasteiger partial charge in [-0.3, -0.25) is 0 Å². The number of aliphatic imine (C=N–C) groups is 1. The summed E-state index contributed by atoms with van der Waals surface area (Å²) in [5, 5.41) is 11.4. The summed E-state index contributed by atoms with van der Waals surface area (Å²) >= 11 is 0. The molecule has 0 atom stereocenters. The highest BCUT2D eigenvalue weighted by Gasteiger charge is 2.14. The van der Waals surface area contributed by atoms with Crippen molar-refractivity contribution in [2.45, 2.75) is 0 Å². The summed E-state index contributed by atoms with van der Waals surface area (Å²) in [5.41, 5.74) is 2.12. The van der Waals surface area contributed by atoms with Crippen molar-refractivity contribution in [3.05, 3.63) is 36.4 Å². The van der Waals surface area contributed by atoms with Gasteiger partial charge in [-0.15, -0.1) is 0 Å². The molecular formula is C13H12N2O. The Bertz CT molecular complexity index is 558. The Hall–Kier alpha value is -1.87. The first kappa shape index (κ1) is 9.36. The van der Waals surface area contributed by atoms with Crippen LogP contribution in [0.4, 0.5) is 11.4 Å². The van der Waals surface area contributed by atoms with Crippen molar-refractivity contribution in [2.75, 3.05) is 18.1 Å². The van der Waals surface area contributed by atoms with Gasteiger partial charge in [0.05, 0.1) is 24.3 Å². The van der Waals surface area contributed by atoms with Crippen LogP contribution in [-0.4, -0.2) is 24.6 Å². The maximum Gasteiger partial charge on any atom is 0.0958 e. The molecule has 0 amide bonds. The van der Waals surface area contributed by atoms with Crippen molar-refractivity contribution in [1.82, 2.24) is 0 Å². The van der Waals surface area contributed by atoms with Crippen LogP contribution in [0.15, 0.2) is 41.4 Å². The molecule has 16 heavy (non-hydrogen) atoms. The van der Waals surface area contributed by atoms with Crippen molar-refractivity contribution >= 4 is 28.5 Å². The molecule has 1 aliphatic heterocycles. The average Bonchev–Trinajstić information content (AvgIpc) is 2.33. The van der Waals surface area contributed by atoms with Gasteiger partial charge in [0.2, 0.25) is 0 Å². The number of rotatable bonds is 2. The summed E-state index contributed by atoms with van der Waals surface area (Å²) in [6, 6.07) is 12.3. The second-order valence-corrected chi connectivity index (χ2v) is 3.81. The Morgan fingerprint density at radius 3 is 2.75 bits per heavy atom. The van der Waals surface area contributed by atoms with E-state index in [4.69, 9.17) is 5.11 Å². The van der Waals surface area contributed by atoms with Crippen molar-refractivity contribution < 1.29 is 5.11 Å². The number of aliphatic hydroxyl groups is 1. The molecule has 0 aromatic heterocycles. The maximum absolute atomic E-state index is 9.02. The van der Waals surface area contributed by atoms with Gasteiger partial charge in [0.15, 0.2) is 0 Å². The molecule has 1 aliphatic rings. The fraction of sp³-hybridized carbons (Fsp3) is 0.154. The predicted octanol–water partition coefficient (Wildman–Crippen LogP) is 2.31. The second-order valence-electron chi connectivity index (χ2n) is 3.81. The third-order valence-corrected chi connectivity index (χ3v) is 2.85. The fourth-order valence-electron chi connectivity index (χ4n) is 2.13. The normalized spacial score (nSPS) is 13.4. The van der Waals surface area contributed by atoms with E-state index in [2.05, 4.69) is 23.2 Å². The maximum atomic E-state index is 9.02. The fourth-order valence-corrected chi connectivity index (χ4v) is 2.13. The van der Waals surface area contributed by atoms with E-state index in [9.17, 15) is 0 Å². The van der Waals surface area contributed by atoms with Gasteiger partial charge in [-0.1, -0.05) is 24.3 Å². The molecule has 0 unspecified atom stereocenters. The number of anilines is 1. The summed E-state index contributed by atoms with van der Waals surface area (Å²) in [5.74, 6) is 0. The number of β-amino-alcohol motifs (C(OH)–C–C–N with tert-alkyl or cyclic N) is 1. The predicted molar refractivity (Wildman–Crippen MR) is 66.5 cm³/mol. The lowest BCUT2D eigenvalue weighted by atomic mass is 10.1. The first-order chi connectivity index (χ1) is 7.90. The molecule has 80 valence electrons. The van der Waals surface area contributed by atoms with Crippen LogP contribution in [0.2, 0.25) is 0 Å². The van der Waals surface area contributed by atoms with E-state index in [0.29, 0.717) is 6.54 Å². The standard InChI is InChI=1S/C13H12N2O/c16-8-7-15-9-14-11-5-1-3-10-4-2-6-12(15)13(10)11/h1-6,9,16H,7-8H2. The first-order valence-electron chi connectivity index (χ1n) is 5.33. The minimum atomic E-state index is 0.130. The number of nitrogens with zero attached hydrogens (tertiary/aromatic N) is 2. The van der Waals surface area contributed by atoms with Gasteiger partial charge in [0.25, 0.3) is 0 Å². The smallest absolute Gasteiger partial charge is 0.0958 e. The van der Waals surface area contributed by atoms with E-state index in [-0.39, 0.29) is 6.61 Å². The topological polar surface area (TPSA) is 35.8 Å². The largest absolute Gasteiger partial charge is 0.395 e. The minimum Gasteiger partial charge on any atom is -0.395 e. The molecule has 0 saturated carbocycles. The van der Waals surface area contributed by atoms with Crippen molar-refractivity contribution in [2.24, 2.45) is 4.99 Å². The highest BCUT2D eigenvalue weighted by atomic mass is 16.3. The minimum absolute atomic E-state index is 0.130. The van der Waals surface area contributed by atoms with Gasteiger partial charge in [-0.2, -0.15) is 0 Å². The van der Waals surface area contributed by atoms with Crippen molar-refractivity contribution in [3.63, 3.8) is 0 Å². The van der Waals surface area contributed by atoms with Crippen LogP contribution in [0.5, 0.6) is 0 Å². The molecule has 0 bridgehead atoms. The van der Waals surface area contributed by atoms with Crippen LogP contribution < -0.4 is 4.90 Å². The van der Waals surface area contributed by atoms with E-state index >= 15 is 0 Å². The summed E-state index contributed by atoms with van der Waals surface area (Å²) in [6.45, 7) is 0.710. The number of benzene rings is 2. The number of aliphatic hydroxyl groups excluding tert-OH is 1. The van der Waals surface area contributed by atoms with Crippen LogP contribution in [0.1, 0.15) is 0 Å². The lowest BCUT2D eigenvalue weighted by Crippen LogP contribution is -2.26. The van der Waals surface area contributed by atoms with Gasteiger partial charge in [-0.25, -0.2) is 4.99 Å². The highest BCUT2D eigenvalue weighted by molar-refractivity contribution is 6.09. The molecule has 3 heteroatoms. The molecule has 0 radical (unpaired) electrons. The molecule has 0 spiro atoms. The van der Waals surface area contributed by atoms with Crippen LogP contribution in [-0.2, 0) is 0 Å². The second kappa shape index (κ2) is 3.61. The van der Waals surface area contributed by atoms with Gasteiger partial charge in [0, 0.05) is 11.9 Å². The lowest BCUT2D eigenvalue weighted by molar-refractivity contribution is 0.307. The van der Waals surface area contributed by atoms with Crippen LogP contribution in [0, 0.1) is 0 Å². The Kier molecular flexibility index (Phi) is 2.11. The zero-order chi connectivity index (χ0) is 11.0. The van der Waals surface area contributed by atoms with Gasteiger partial charge in [0.1, 0.15) is 0 Å². The molecule has 3 nitrogen and oxygen atoms in total. The average molecular weight is 212 g/mol. The van der Waals surface area contributed by atoms with E-state index in [0.717, 1.165) is 11.4 Å². The zero-order valence-electron chi connectivity index (χ0n) is 8.80. The van der Waals surface area contributed by atoms with E-state index in [1.807, 2.05) is 23.1 Å². The van der Waals surface area contributed by atoms with E-state index < -0.39 is 0 Å². The first-order valence-corrected chi connectivity index (χ1v) is 5.33. The molecule has 0 fully saturated rings. The Morgan fingerprint density at radius 2 is 1.94 bits per heavy atom. The highest BCUT2D eigenvalue weighted by Crippen LogP contribution is 2.36. The molecule has 2 aromatic carbocycles. The van der Waals surface area contributed by atoms with E-state index in [1.54, 1.807) is 6.34 Å². The van der Waals surface area contributed by atoms with Gasteiger partial charge < -0.3 is 10.0 Å². The number of hydrogen-bond donors (Lipinski definition) is 1. The third kappa shape index (κ3) is 1.29. The van der Waals surface area contributed by atoms with E-state index in [1.165, 1.54) is 10.8 Å². The zero-order valence-corrected chi connectivity index (χ0v) is 8.80. The lowest BCUT2D eigenvalue weighted by Gasteiger charge is -2.24. The summed E-state index contributed by atoms with van der Waals surface area (Å²) < 4.78 is 0. The summed E-state index contributed by atoms with van der Waals surface area (Å²) in [4.78, 5) is 6.38. The molecule has 2 aromatic rings. The van der Waals surface area contributed by atoms with Gasteiger partial charge >= 0.3 is 0 Å². The van der Waals surface area contributed by atoms with Crippen molar-refractivity contribution in [1.29, 1.82) is 0 Å². The third-order valence-electron chi connectivity index (χ3n) is 2.85. The SMILES string of the molecule is OCCN1C=Nc2cccc3cccc1c23. The van der Waals surface area contributed by atoms with Crippen LogP contribution in [0.3, 0.4) is 0 Å². The summed E-state index contributed by atoms with van der Waals surface area (Å²) in [6.07, 6.45) is 1.79. The van der Waals surface area contributed by atoms with Crippen molar-refractivity contribution in [3.8, 4) is 0 Å². The van der Waals surface area contributed by atoms with Crippen LogP contribution >= 0.6 is 0 Å². The Labute approximate surface area is 93.7 Å². The molecule has 1 heterocycles. The number of hydrogen-bond acceptors (Lipinski definition) is 3.